The lowest BCUT2D eigenvalue weighted by molar-refractivity contribution is -0.127. The van der Waals surface area contributed by atoms with Crippen molar-refractivity contribution in [2.45, 2.75) is 76.8 Å². The predicted octanol–water partition coefficient (Wildman–Crippen LogP) is 5.89. The van der Waals surface area contributed by atoms with Gasteiger partial charge in [-0.1, -0.05) is 56.7 Å². The summed E-state index contributed by atoms with van der Waals surface area (Å²) in [6.45, 7) is 1.36. The van der Waals surface area contributed by atoms with Crippen molar-refractivity contribution in [3.63, 3.8) is 0 Å². The van der Waals surface area contributed by atoms with E-state index in [0.29, 0.717) is 25.0 Å². The molecule has 0 spiro atoms. The molecule has 0 radical (unpaired) electrons. The Hall–Kier alpha value is -3.02. The van der Waals surface area contributed by atoms with E-state index in [1.54, 1.807) is 0 Å². The average molecular weight is 475 g/mol. The number of aliphatic imine (C=N–C) groups is 1. The van der Waals surface area contributed by atoms with Crippen LogP contribution in [0.25, 0.3) is 0 Å². The van der Waals surface area contributed by atoms with Gasteiger partial charge in [0.05, 0.1) is 5.69 Å². The van der Waals surface area contributed by atoms with E-state index in [1.165, 1.54) is 51.4 Å². The predicted molar refractivity (Wildman–Crippen MR) is 140 cm³/mol. The summed E-state index contributed by atoms with van der Waals surface area (Å²) in [6.07, 6.45) is 11.8. The molecule has 1 amide bonds. The smallest absolute Gasteiger partial charge is 0.223 e. The summed E-state index contributed by atoms with van der Waals surface area (Å²) < 4.78 is 6.05. The minimum Gasteiger partial charge on any atom is -0.457 e. The number of guanidine groups is 1. The normalized spacial score (nSPS) is 20.0. The summed E-state index contributed by atoms with van der Waals surface area (Å²) in [4.78, 5) is 20.0. The summed E-state index contributed by atoms with van der Waals surface area (Å²) in [7, 11) is 0. The van der Waals surface area contributed by atoms with E-state index in [-0.39, 0.29) is 17.9 Å². The third kappa shape index (κ3) is 5.98. The SMILES string of the molecule is NC1=Nc2ccc(Oc3ccccc3)cc2CN1CC(NC(=O)C1CCCCC1)C1CCCCC1. The van der Waals surface area contributed by atoms with Gasteiger partial charge in [-0.15, -0.1) is 0 Å². The second-order valence-electron chi connectivity index (χ2n) is 10.4. The third-order valence-electron chi connectivity index (χ3n) is 7.89. The lowest BCUT2D eigenvalue weighted by Gasteiger charge is -2.37. The van der Waals surface area contributed by atoms with Crippen LogP contribution in [0.2, 0.25) is 0 Å². The van der Waals surface area contributed by atoms with Crippen molar-refractivity contribution in [2.24, 2.45) is 22.6 Å². The maximum Gasteiger partial charge on any atom is 0.223 e. The zero-order valence-corrected chi connectivity index (χ0v) is 20.6. The Bertz CT molecular complexity index is 1030. The summed E-state index contributed by atoms with van der Waals surface area (Å²) >= 11 is 0. The van der Waals surface area contributed by atoms with E-state index < -0.39 is 0 Å². The molecule has 6 heteroatoms. The van der Waals surface area contributed by atoms with Gasteiger partial charge in [0.2, 0.25) is 5.91 Å². The number of carbonyl (C=O) groups is 1. The van der Waals surface area contributed by atoms with Gasteiger partial charge in [-0.3, -0.25) is 4.79 Å². The Kier molecular flexibility index (Phi) is 7.55. The van der Waals surface area contributed by atoms with Crippen molar-refractivity contribution in [1.29, 1.82) is 0 Å². The quantitative estimate of drug-likeness (QED) is 0.525. The standard InChI is InChI=1S/C29H38N4O2/c30-29-32-26-17-16-25(35-24-14-8-3-9-15-24)18-23(26)19-33(29)20-27(21-10-4-1-5-11-21)31-28(34)22-12-6-2-7-13-22/h3,8-9,14-18,21-22,27H,1-2,4-7,10-13,19-20H2,(H2,30,32)(H,31,34). The molecule has 2 aromatic rings. The molecule has 1 aliphatic heterocycles. The van der Waals surface area contributed by atoms with E-state index in [0.717, 1.165) is 35.6 Å². The Balaban J connectivity index is 1.30. The molecule has 2 aliphatic carbocycles. The summed E-state index contributed by atoms with van der Waals surface area (Å²) in [5.74, 6) is 3.04. The van der Waals surface area contributed by atoms with Gasteiger partial charge in [-0.05, 0) is 61.9 Å². The van der Waals surface area contributed by atoms with Crippen LogP contribution in [0.3, 0.4) is 0 Å². The summed E-state index contributed by atoms with van der Waals surface area (Å²) in [6, 6.07) is 15.9. The third-order valence-corrected chi connectivity index (χ3v) is 7.89. The zero-order chi connectivity index (χ0) is 24.0. The molecule has 1 heterocycles. The first-order valence-corrected chi connectivity index (χ1v) is 13.4. The highest BCUT2D eigenvalue weighted by atomic mass is 16.5. The fourth-order valence-electron chi connectivity index (χ4n) is 5.88. The van der Waals surface area contributed by atoms with Crippen molar-refractivity contribution in [1.82, 2.24) is 10.2 Å². The van der Waals surface area contributed by atoms with Crippen molar-refractivity contribution in [2.75, 3.05) is 6.54 Å². The molecule has 186 valence electrons. The number of benzene rings is 2. The maximum atomic E-state index is 13.2. The molecular weight excluding hydrogens is 436 g/mol. The Labute approximate surface area is 208 Å². The molecule has 5 rings (SSSR count). The molecule has 3 N–H and O–H groups in total. The molecule has 3 aliphatic rings. The fourth-order valence-corrected chi connectivity index (χ4v) is 5.88. The fraction of sp³-hybridized carbons (Fsp3) is 0.517. The van der Waals surface area contributed by atoms with E-state index in [1.807, 2.05) is 42.5 Å². The largest absolute Gasteiger partial charge is 0.457 e. The van der Waals surface area contributed by atoms with E-state index >= 15 is 0 Å². The van der Waals surface area contributed by atoms with E-state index in [9.17, 15) is 4.79 Å². The van der Waals surface area contributed by atoms with Gasteiger partial charge >= 0.3 is 0 Å². The first-order chi connectivity index (χ1) is 17.2. The van der Waals surface area contributed by atoms with Crippen LogP contribution in [0.5, 0.6) is 11.5 Å². The van der Waals surface area contributed by atoms with Gasteiger partial charge in [0.15, 0.2) is 5.96 Å². The monoisotopic (exact) mass is 474 g/mol. The highest BCUT2D eigenvalue weighted by Crippen LogP contribution is 2.33. The van der Waals surface area contributed by atoms with E-state index in [4.69, 9.17) is 15.5 Å². The van der Waals surface area contributed by atoms with Crippen molar-refractivity contribution in [3.05, 3.63) is 54.1 Å². The molecular formula is C29H38N4O2. The first kappa shape index (κ1) is 23.7. The van der Waals surface area contributed by atoms with Crippen LogP contribution in [-0.4, -0.2) is 29.4 Å². The molecule has 2 saturated carbocycles. The Morgan fingerprint density at radius 3 is 2.43 bits per heavy atom. The topological polar surface area (TPSA) is 80.0 Å². The molecule has 0 saturated heterocycles. The van der Waals surface area contributed by atoms with Crippen molar-refractivity contribution in [3.8, 4) is 11.5 Å². The number of hydrogen-bond acceptors (Lipinski definition) is 5. The van der Waals surface area contributed by atoms with Gasteiger partial charge in [0, 0.05) is 30.6 Å². The second-order valence-corrected chi connectivity index (χ2v) is 10.4. The number of nitrogens with two attached hydrogens (primary N) is 1. The van der Waals surface area contributed by atoms with Gasteiger partial charge in [-0.2, -0.15) is 0 Å². The molecule has 0 bridgehead atoms. The average Bonchev–Trinajstić information content (AvgIpc) is 2.90. The van der Waals surface area contributed by atoms with Crippen LogP contribution in [0, 0.1) is 11.8 Å². The highest BCUT2D eigenvalue weighted by molar-refractivity contribution is 5.84. The zero-order valence-electron chi connectivity index (χ0n) is 20.6. The number of para-hydroxylation sites is 1. The molecule has 2 fully saturated rings. The number of nitrogens with one attached hydrogen (secondary N) is 1. The van der Waals surface area contributed by atoms with Crippen LogP contribution in [0.1, 0.15) is 69.8 Å². The van der Waals surface area contributed by atoms with E-state index in [2.05, 4.69) is 16.3 Å². The second kappa shape index (κ2) is 11.1. The number of rotatable bonds is 7. The number of carbonyl (C=O) groups excluding carboxylic acids is 1. The minimum absolute atomic E-state index is 0.101. The van der Waals surface area contributed by atoms with Crippen LogP contribution >= 0.6 is 0 Å². The van der Waals surface area contributed by atoms with Crippen LogP contribution in [0.15, 0.2) is 53.5 Å². The number of hydrogen-bond donors (Lipinski definition) is 2. The number of ether oxygens (including phenoxy) is 1. The molecule has 2 aromatic carbocycles. The summed E-state index contributed by atoms with van der Waals surface area (Å²) in [5.41, 5.74) is 8.42. The molecule has 1 atom stereocenters. The van der Waals surface area contributed by atoms with Gasteiger partial charge in [0.25, 0.3) is 0 Å². The van der Waals surface area contributed by atoms with Crippen molar-refractivity contribution >= 4 is 17.6 Å². The Morgan fingerprint density at radius 1 is 0.971 bits per heavy atom. The minimum atomic E-state index is 0.101. The first-order valence-electron chi connectivity index (χ1n) is 13.4. The molecule has 1 unspecified atom stereocenters. The van der Waals surface area contributed by atoms with Gasteiger partial charge < -0.3 is 20.7 Å². The molecule has 35 heavy (non-hydrogen) atoms. The van der Waals surface area contributed by atoms with Crippen LogP contribution < -0.4 is 15.8 Å². The van der Waals surface area contributed by atoms with Crippen molar-refractivity contribution < 1.29 is 9.53 Å². The number of fused-ring (bicyclic) bond motifs is 1. The number of nitrogens with zero attached hydrogens (tertiary/aromatic N) is 2. The van der Waals surface area contributed by atoms with Gasteiger partial charge in [0.1, 0.15) is 11.5 Å². The molecule has 6 nitrogen and oxygen atoms in total. The van der Waals surface area contributed by atoms with Gasteiger partial charge in [-0.25, -0.2) is 4.99 Å². The van der Waals surface area contributed by atoms with Crippen LogP contribution in [0.4, 0.5) is 5.69 Å². The summed E-state index contributed by atoms with van der Waals surface area (Å²) in [5, 5.41) is 3.48. The lowest BCUT2D eigenvalue weighted by atomic mass is 9.82. The number of amides is 1. The highest BCUT2D eigenvalue weighted by Gasteiger charge is 2.31. The Morgan fingerprint density at radius 2 is 1.69 bits per heavy atom. The lowest BCUT2D eigenvalue weighted by Crippen LogP contribution is -2.53. The maximum absolute atomic E-state index is 13.2. The molecule has 0 aromatic heterocycles. The van der Waals surface area contributed by atoms with Crippen LogP contribution in [-0.2, 0) is 11.3 Å².